The number of halogens is 3. The van der Waals surface area contributed by atoms with Crippen molar-refractivity contribution in [3.63, 3.8) is 0 Å². The van der Waals surface area contributed by atoms with E-state index >= 15 is 0 Å². The van der Waals surface area contributed by atoms with Crippen LogP contribution in [0.4, 0.5) is 13.2 Å². The second-order valence-electron chi connectivity index (χ2n) is 2.12. The molecule has 0 aromatic heterocycles. The van der Waals surface area contributed by atoms with Gasteiger partial charge in [0.2, 0.25) is 0 Å². The molecule has 5 N–H and O–H groups in total. The number of alkyl halides is 3. The monoisotopic (exact) mass is 181 g/mol. The molecule has 0 spiro atoms. The fourth-order valence-electron chi connectivity index (χ4n) is 0.578. The Morgan fingerprint density at radius 2 is 2.08 bits per heavy atom. The van der Waals surface area contributed by atoms with Gasteiger partial charge in [-0.1, -0.05) is 0 Å². The smallest absolute Gasteiger partial charge is 0.370 e. The minimum Gasteiger partial charge on any atom is -0.370 e. The molecule has 0 saturated heterocycles. The lowest BCUT2D eigenvalue weighted by atomic mass is 10.3. The molecule has 5 nitrogen and oxygen atoms in total. The van der Waals surface area contributed by atoms with Gasteiger partial charge in [0.15, 0.2) is 5.96 Å². The third kappa shape index (κ3) is 1.33. The van der Waals surface area contributed by atoms with E-state index < -0.39 is 17.9 Å². The van der Waals surface area contributed by atoms with Gasteiger partial charge >= 0.3 is 12.0 Å². The quantitative estimate of drug-likeness (QED) is 0.452. The van der Waals surface area contributed by atoms with Gasteiger partial charge in [-0.25, -0.2) is 4.99 Å². The summed E-state index contributed by atoms with van der Waals surface area (Å²) in [6, 6.07) is 0. The second-order valence-corrected chi connectivity index (χ2v) is 2.12. The van der Waals surface area contributed by atoms with E-state index in [9.17, 15) is 13.2 Å². The van der Waals surface area contributed by atoms with Crippen LogP contribution >= 0.6 is 0 Å². The highest BCUT2D eigenvalue weighted by molar-refractivity contribution is 5.90. The molecule has 68 valence electrons. The predicted molar refractivity (Wildman–Crippen MR) is 36.2 cm³/mol. The zero-order valence-corrected chi connectivity index (χ0v) is 5.76. The topological polar surface area (TPSA) is 88.8 Å². The summed E-state index contributed by atoms with van der Waals surface area (Å²) in [5.41, 5.74) is 9.77. The van der Waals surface area contributed by atoms with Gasteiger partial charge in [0.05, 0.1) is 6.34 Å². The molecule has 1 atom stereocenters. The first-order chi connectivity index (χ1) is 5.35. The molecule has 0 bridgehead atoms. The van der Waals surface area contributed by atoms with E-state index in [1.54, 1.807) is 0 Å². The lowest BCUT2D eigenvalue weighted by Crippen LogP contribution is -2.55. The van der Waals surface area contributed by atoms with Crippen molar-refractivity contribution in [1.82, 2.24) is 5.32 Å². The van der Waals surface area contributed by atoms with E-state index in [1.165, 1.54) is 0 Å². The minimum atomic E-state index is -4.74. The molecule has 1 heterocycles. The molecule has 1 aliphatic heterocycles. The maximum Gasteiger partial charge on any atom is 0.449 e. The number of nitrogens with one attached hydrogen (secondary N) is 1. The SMILES string of the molecule is NC1=NC(N)(C(F)(F)F)N=CN1. The first-order valence-electron chi connectivity index (χ1n) is 2.86. The molecule has 0 aromatic carbocycles. The van der Waals surface area contributed by atoms with Gasteiger partial charge in [0, 0.05) is 0 Å². The highest BCUT2D eigenvalue weighted by Gasteiger charge is 2.53. The van der Waals surface area contributed by atoms with Crippen molar-refractivity contribution >= 4 is 12.3 Å². The van der Waals surface area contributed by atoms with Gasteiger partial charge in [-0.05, 0) is 0 Å². The van der Waals surface area contributed by atoms with Crippen molar-refractivity contribution in [2.45, 2.75) is 12.0 Å². The van der Waals surface area contributed by atoms with E-state index in [4.69, 9.17) is 11.5 Å². The summed E-state index contributed by atoms with van der Waals surface area (Å²) < 4.78 is 36.2. The molecule has 1 aliphatic rings. The number of aliphatic imine (C=N–C) groups is 2. The largest absolute Gasteiger partial charge is 0.449 e. The van der Waals surface area contributed by atoms with Gasteiger partial charge in [-0.3, -0.25) is 5.73 Å². The molecule has 0 radical (unpaired) electrons. The maximum atomic E-state index is 12.1. The fourth-order valence-corrected chi connectivity index (χ4v) is 0.578. The lowest BCUT2D eigenvalue weighted by molar-refractivity contribution is -0.181. The van der Waals surface area contributed by atoms with Crippen LogP contribution in [0.2, 0.25) is 0 Å². The number of nitrogens with two attached hydrogens (primary N) is 2. The molecule has 0 aromatic rings. The maximum absolute atomic E-state index is 12.1. The summed E-state index contributed by atoms with van der Waals surface area (Å²) in [6.45, 7) is 0. The third-order valence-electron chi connectivity index (χ3n) is 1.18. The van der Waals surface area contributed by atoms with Crippen molar-refractivity contribution in [2.75, 3.05) is 0 Å². The summed E-state index contributed by atoms with van der Waals surface area (Å²) in [5, 5.41) is 2.17. The Labute approximate surface area is 65.3 Å². The Hall–Kier alpha value is -1.31. The van der Waals surface area contributed by atoms with E-state index in [-0.39, 0.29) is 0 Å². The normalized spacial score (nSPS) is 29.5. The summed E-state index contributed by atoms with van der Waals surface area (Å²) >= 11 is 0. The summed E-state index contributed by atoms with van der Waals surface area (Å²) in [7, 11) is 0. The van der Waals surface area contributed by atoms with Gasteiger partial charge in [0.25, 0.3) is 0 Å². The standard InChI is InChI=1S/C4H6F3N5/c5-3(6,7)4(9)11-1-10-2(8)12-4/h1H,9H2,(H3,8,10,11,12). The van der Waals surface area contributed by atoms with Gasteiger partial charge in [-0.2, -0.15) is 18.2 Å². The summed E-state index contributed by atoms with van der Waals surface area (Å²) in [6.07, 6.45) is -3.98. The number of rotatable bonds is 0. The van der Waals surface area contributed by atoms with Crippen LogP contribution in [0.5, 0.6) is 0 Å². The van der Waals surface area contributed by atoms with Crippen LogP contribution in [0.25, 0.3) is 0 Å². The molecule has 0 saturated carbocycles. The summed E-state index contributed by atoms with van der Waals surface area (Å²) in [4.78, 5) is 5.86. The van der Waals surface area contributed by atoms with E-state index in [0.29, 0.717) is 0 Å². The Morgan fingerprint density at radius 1 is 1.50 bits per heavy atom. The molecular weight excluding hydrogens is 175 g/mol. The molecule has 8 heteroatoms. The third-order valence-corrected chi connectivity index (χ3v) is 1.18. The first kappa shape index (κ1) is 8.78. The van der Waals surface area contributed by atoms with Crippen LogP contribution in [0.3, 0.4) is 0 Å². The van der Waals surface area contributed by atoms with Crippen LogP contribution in [0.15, 0.2) is 9.98 Å². The van der Waals surface area contributed by atoms with Crippen LogP contribution in [0.1, 0.15) is 0 Å². The lowest BCUT2D eigenvalue weighted by Gasteiger charge is -2.25. The molecular formula is C4H6F3N5. The van der Waals surface area contributed by atoms with Gasteiger partial charge in [0.1, 0.15) is 0 Å². The predicted octanol–water partition coefficient (Wildman–Crippen LogP) is -0.893. The van der Waals surface area contributed by atoms with Gasteiger partial charge in [-0.15, -0.1) is 0 Å². The van der Waals surface area contributed by atoms with Crippen molar-refractivity contribution < 1.29 is 13.2 Å². The van der Waals surface area contributed by atoms with Gasteiger partial charge < -0.3 is 11.1 Å². The number of nitrogens with zero attached hydrogens (tertiary/aromatic N) is 2. The Bertz CT molecular complexity index is 244. The zero-order chi connectivity index (χ0) is 9.41. The van der Waals surface area contributed by atoms with Crippen LogP contribution < -0.4 is 16.8 Å². The van der Waals surface area contributed by atoms with Crippen molar-refractivity contribution in [1.29, 1.82) is 0 Å². The molecule has 0 fully saturated rings. The van der Waals surface area contributed by atoms with Crippen LogP contribution in [-0.4, -0.2) is 24.3 Å². The highest BCUT2D eigenvalue weighted by atomic mass is 19.4. The zero-order valence-electron chi connectivity index (χ0n) is 5.76. The average molecular weight is 181 g/mol. The van der Waals surface area contributed by atoms with E-state index in [0.717, 1.165) is 6.34 Å². The molecule has 1 rings (SSSR count). The summed E-state index contributed by atoms with van der Waals surface area (Å²) in [5.74, 6) is -3.35. The Balaban J connectivity index is 2.99. The number of hydrogen-bond acceptors (Lipinski definition) is 5. The van der Waals surface area contributed by atoms with Crippen LogP contribution in [-0.2, 0) is 0 Å². The minimum absolute atomic E-state index is 0.412. The molecule has 1 unspecified atom stereocenters. The van der Waals surface area contributed by atoms with E-state index in [2.05, 4.69) is 15.3 Å². The number of guanidine groups is 1. The first-order valence-corrected chi connectivity index (χ1v) is 2.86. The molecule has 0 aliphatic carbocycles. The molecule has 12 heavy (non-hydrogen) atoms. The van der Waals surface area contributed by atoms with Crippen molar-refractivity contribution in [3.05, 3.63) is 0 Å². The van der Waals surface area contributed by atoms with Crippen molar-refractivity contribution in [3.8, 4) is 0 Å². The van der Waals surface area contributed by atoms with Crippen molar-refractivity contribution in [2.24, 2.45) is 21.5 Å². The Morgan fingerprint density at radius 3 is 2.42 bits per heavy atom. The average Bonchev–Trinajstić information content (AvgIpc) is 1.83. The van der Waals surface area contributed by atoms with E-state index in [1.807, 2.05) is 0 Å². The molecule has 0 amide bonds. The highest BCUT2D eigenvalue weighted by Crippen LogP contribution is 2.30. The fraction of sp³-hybridized carbons (Fsp3) is 0.500. The van der Waals surface area contributed by atoms with Crippen LogP contribution in [0, 0.1) is 0 Å². The number of hydrogen-bond donors (Lipinski definition) is 3. The second kappa shape index (κ2) is 2.34. The Kier molecular flexibility index (Phi) is 1.71.